The van der Waals surface area contributed by atoms with Gasteiger partial charge in [-0.2, -0.15) is 5.10 Å². The lowest BCUT2D eigenvalue weighted by atomic mass is 9.86. The van der Waals surface area contributed by atoms with Crippen LogP contribution in [0.3, 0.4) is 0 Å². The van der Waals surface area contributed by atoms with Crippen LogP contribution in [0.25, 0.3) is 10.9 Å². The van der Waals surface area contributed by atoms with E-state index in [2.05, 4.69) is 15.7 Å². The van der Waals surface area contributed by atoms with Crippen molar-refractivity contribution < 1.29 is 19.8 Å². The van der Waals surface area contributed by atoms with Gasteiger partial charge in [-0.15, -0.1) is 0 Å². The summed E-state index contributed by atoms with van der Waals surface area (Å²) < 4.78 is 1.75. The van der Waals surface area contributed by atoms with Crippen LogP contribution >= 0.6 is 0 Å². The summed E-state index contributed by atoms with van der Waals surface area (Å²) in [5.74, 6) is -0.922. The van der Waals surface area contributed by atoms with Gasteiger partial charge in [0.1, 0.15) is 6.04 Å². The second-order valence-corrected chi connectivity index (χ2v) is 9.12. The maximum Gasteiger partial charge on any atom is 0.273 e. The molecule has 2 amide bonds. The van der Waals surface area contributed by atoms with E-state index in [1.807, 2.05) is 69.3 Å². The summed E-state index contributed by atoms with van der Waals surface area (Å²) in [5, 5.41) is 29.1. The molecule has 0 spiro atoms. The molecule has 9 heteroatoms. The Morgan fingerprint density at radius 3 is 2.42 bits per heavy atom. The Bertz CT molecular complexity index is 1120. The van der Waals surface area contributed by atoms with Gasteiger partial charge in [0.15, 0.2) is 5.69 Å². The summed E-state index contributed by atoms with van der Waals surface area (Å²) in [6.07, 6.45) is -1.07. The molecule has 0 aliphatic rings. The topological polar surface area (TPSA) is 142 Å². The Balaban J connectivity index is 1.87. The summed E-state index contributed by atoms with van der Waals surface area (Å²) in [7, 11) is 0. The molecule has 6 N–H and O–H groups in total. The molecule has 1 aromatic heterocycles. The van der Waals surface area contributed by atoms with Crippen LogP contribution in [0.1, 0.15) is 36.8 Å². The minimum Gasteiger partial charge on any atom is -0.399 e. The van der Waals surface area contributed by atoms with E-state index in [0.29, 0.717) is 17.6 Å². The highest BCUT2D eigenvalue weighted by Gasteiger charge is 2.34. The van der Waals surface area contributed by atoms with Gasteiger partial charge in [0.05, 0.1) is 24.8 Å². The van der Waals surface area contributed by atoms with Gasteiger partial charge in [0.2, 0.25) is 5.91 Å². The van der Waals surface area contributed by atoms with E-state index in [1.165, 1.54) is 0 Å². The lowest BCUT2D eigenvalue weighted by molar-refractivity contribution is -0.125. The van der Waals surface area contributed by atoms with Crippen molar-refractivity contribution in [2.75, 3.05) is 18.9 Å². The van der Waals surface area contributed by atoms with E-state index < -0.39 is 36.0 Å². The number of nitrogens with zero attached hydrogens (tertiary/aromatic N) is 2. The van der Waals surface area contributed by atoms with Crippen LogP contribution in [0.2, 0.25) is 0 Å². The van der Waals surface area contributed by atoms with Gasteiger partial charge < -0.3 is 26.6 Å². The maximum absolute atomic E-state index is 13.3. The first-order valence-electron chi connectivity index (χ1n) is 10.8. The van der Waals surface area contributed by atoms with Gasteiger partial charge in [0.25, 0.3) is 5.91 Å². The van der Waals surface area contributed by atoms with Gasteiger partial charge in [-0.25, -0.2) is 0 Å². The number of fused-ring (bicyclic) bond motifs is 1. The second kappa shape index (κ2) is 10.0. The molecule has 0 bridgehead atoms. The zero-order valence-corrected chi connectivity index (χ0v) is 19.1. The summed E-state index contributed by atoms with van der Waals surface area (Å²) in [5.41, 5.74) is 7.84. The number of nitrogen functional groups attached to an aromatic ring is 1. The van der Waals surface area contributed by atoms with Crippen LogP contribution in [-0.2, 0) is 11.3 Å². The van der Waals surface area contributed by atoms with Crippen molar-refractivity contribution in [1.29, 1.82) is 0 Å². The van der Waals surface area contributed by atoms with Crippen molar-refractivity contribution in [3.8, 4) is 0 Å². The number of anilines is 1. The third-order valence-electron chi connectivity index (χ3n) is 5.31. The Morgan fingerprint density at radius 1 is 1.12 bits per heavy atom. The number of para-hydroxylation sites is 1. The normalized spacial score (nSPS) is 13.5. The fourth-order valence-corrected chi connectivity index (χ4v) is 3.47. The number of carbonyl (C=O) groups is 2. The van der Waals surface area contributed by atoms with E-state index in [-0.39, 0.29) is 12.2 Å². The van der Waals surface area contributed by atoms with Gasteiger partial charge in [-0.3, -0.25) is 14.3 Å². The molecule has 3 rings (SSSR count). The van der Waals surface area contributed by atoms with Crippen molar-refractivity contribution in [2.45, 2.75) is 39.5 Å². The molecule has 3 aromatic rings. The number of benzene rings is 2. The molecule has 0 saturated heterocycles. The number of aromatic nitrogens is 2. The first-order valence-corrected chi connectivity index (χ1v) is 10.8. The number of aliphatic hydroxyl groups excluding tert-OH is 2. The third-order valence-corrected chi connectivity index (χ3v) is 5.31. The van der Waals surface area contributed by atoms with Gasteiger partial charge >= 0.3 is 0 Å². The van der Waals surface area contributed by atoms with Crippen LogP contribution < -0.4 is 16.4 Å². The van der Waals surface area contributed by atoms with Crippen LogP contribution in [0, 0.1) is 5.41 Å². The molecule has 0 radical (unpaired) electrons. The fraction of sp³-hybridized carbons (Fsp3) is 0.375. The number of carbonyl (C=O) groups excluding carboxylic acids is 2. The van der Waals surface area contributed by atoms with Crippen molar-refractivity contribution in [3.05, 3.63) is 59.8 Å². The molecule has 2 aromatic carbocycles. The zero-order chi connectivity index (χ0) is 24.2. The first-order chi connectivity index (χ1) is 15.6. The lowest BCUT2D eigenvalue weighted by Crippen LogP contribution is -2.54. The number of hydrogen-bond donors (Lipinski definition) is 5. The predicted octanol–water partition coefficient (Wildman–Crippen LogP) is 1.28. The summed E-state index contributed by atoms with van der Waals surface area (Å²) in [6, 6.07) is 14.0. The van der Waals surface area contributed by atoms with Crippen molar-refractivity contribution in [1.82, 2.24) is 20.4 Å². The number of amides is 2. The van der Waals surface area contributed by atoms with E-state index in [1.54, 1.807) is 4.68 Å². The molecule has 0 aliphatic heterocycles. The zero-order valence-electron chi connectivity index (χ0n) is 19.1. The molecular formula is C24H31N5O4. The first kappa shape index (κ1) is 24.2. The second-order valence-electron chi connectivity index (χ2n) is 9.12. The third kappa shape index (κ3) is 5.88. The van der Waals surface area contributed by atoms with Crippen molar-refractivity contribution in [3.63, 3.8) is 0 Å². The van der Waals surface area contributed by atoms with Crippen LogP contribution in [0.5, 0.6) is 0 Å². The monoisotopic (exact) mass is 453 g/mol. The molecule has 0 aliphatic carbocycles. The largest absolute Gasteiger partial charge is 0.399 e. The SMILES string of the molecule is CC(C)(C)C(NC(=O)c1nn(Cc2ccc(N)cc2)c2ccccc12)C(=O)NCC(O)CO. The van der Waals surface area contributed by atoms with E-state index in [4.69, 9.17) is 10.8 Å². The number of nitrogens with two attached hydrogens (primary N) is 1. The Kier molecular flexibility index (Phi) is 7.35. The summed E-state index contributed by atoms with van der Waals surface area (Å²) in [6.45, 7) is 5.37. The molecule has 176 valence electrons. The maximum atomic E-state index is 13.3. The molecule has 33 heavy (non-hydrogen) atoms. The highest BCUT2D eigenvalue weighted by Crippen LogP contribution is 2.23. The van der Waals surface area contributed by atoms with Gasteiger partial charge in [-0.05, 0) is 29.2 Å². The number of rotatable bonds is 8. The van der Waals surface area contributed by atoms with Gasteiger partial charge in [-0.1, -0.05) is 51.1 Å². The van der Waals surface area contributed by atoms with E-state index in [9.17, 15) is 14.7 Å². The van der Waals surface area contributed by atoms with Crippen LogP contribution in [0.15, 0.2) is 48.5 Å². The van der Waals surface area contributed by atoms with Crippen molar-refractivity contribution >= 4 is 28.4 Å². The minimum atomic E-state index is -1.07. The molecule has 2 unspecified atom stereocenters. The summed E-state index contributed by atoms with van der Waals surface area (Å²) >= 11 is 0. The van der Waals surface area contributed by atoms with Crippen LogP contribution in [-0.4, -0.2) is 57.1 Å². The average molecular weight is 454 g/mol. The Morgan fingerprint density at radius 2 is 1.79 bits per heavy atom. The summed E-state index contributed by atoms with van der Waals surface area (Å²) in [4.78, 5) is 26.0. The average Bonchev–Trinajstić information content (AvgIpc) is 3.14. The fourth-order valence-electron chi connectivity index (χ4n) is 3.47. The van der Waals surface area contributed by atoms with Crippen LogP contribution in [0.4, 0.5) is 5.69 Å². The molecule has 2 atom stereocenters. The lowest BCUT2D eigenvalue weighted by Gasteiger charge is -2.30. The molecule has 0 fully saturated rings. The van der Waals surface area contributed by atoms with E-state index in [0.717, 1.165) is 11.1 Å². The Hall–Kier alpha value is -3.43. The molecular weight excluding hydrogens is 422 g/mol. The highest BCUT2D eigenvalue weighted by atomic mass is 16.3. The molecule has 0 saturated carbocycles. The van der Waals surface area contributed by atoms with Gasteiger partial charge in [0, 0.05) is 17.6 Å². The predicted molar refractivity (Wildman–Crippen MR) is 127 cm³/mol. The number of nitrogens with one attached hydrogen (secondary N) is 2. The van der Waals surface area contributed by atoms with E-state index >= 15 is 0 Å². The number of aliphatic hydroxyl groups is 2. The Labute approximate surface area is 192 Å². The molecule has 1 heterocycles. The van der Waals surface area contributed by atoms with Crippen molar-refractivity contribution in [2.24, 2.45) is 5.41 Å². The quantitative estimate of drug-likeness (QED) is 0.325. The highest BCUT2D eigenvalue weighted by molar-refractivity contribution is 6.06. The number of hydrogen-bond acceptors (Lipinski definition) is 6. The standard InChI is InChI=1S/C24H31N5O4/c1-24(2,3)21(23(33)26-12-17(31)14-30)27-22(32)20-18-6-4-5-7-19(18)29(28-20)13-15-8-10-16(25)11-9-15/h4-11,17,21,30-31H,12-14,25H2,1-3H3,(H,26,33)(H,27,32). The minimum absolute atomic E-state index is 0.114. The molecule has 9 nitrogen and oxygen atoms in total. The smallest absolute Gasteiger partial charge is 0.273 e.